The van der Waals surface area contributed by atoms with E-state index in [2.05, 4.69) is 35.0 Å². The average molecular weight is 414 g/mol. The number of rotatable bonds is 8. The highest BCUT2D eigenvalue weighted by molar-refractivity contribution is 7.13. The van der Waals surface area contributed by atoms with E-state index >= 15 is 0 Å². The summed E-state index contributed by atoms with van der Waals surface area (Å²) < 4.78 is 11.5. The lowest BCUT2D eigenvalue weighted by Gasteiger charge is -2.29. The molecule has 1 aliphatic rings. The predicted molar refractivity (Wildman–Crippen MR) is 106 cm³/mol. The number of likely N-dealkylation sites (tertiary alicyclic amines) is 1. The van der Waals surface area contributed by atoms with Gasteiger partial charge in [-0.1, -0.05) is 12.1 Å². The lowest BCUT2D eigenvalue weighted by Crippen LogP contribution is -3.14. The van der Waals surface area contributed by atoms with Gasteiger partial charge in [0.2, 0.25) is 6.29 Å². The van der Waals surface area contributed by atoms with Crippen LogP contribution in [0.2, 0.25) is 0 Å². The molecular formula is C20H28ClNO2S2. The van der Waals surface area contributed by atoms with Crippen LogP contribution >= 0.6 is 22.7 Å². The molecule has 1 saturated heterocycles. The largest absolute Gasteiger partial charge is 1.00 e. The number of halogens is 1. The standard InChI is InChI=1S/C20H27NO2S2.ClH/c1-3-22-19(23-4-2)15-21-11-9-16(10-12-21)20(17-7-5-13-24-17)18-8-6-14-25-18;/h5-8,13-14,19H,3-4,9-12,15H2,1-2H3;1H. The summed E-state index contributed by atoms with van der Waals surface area (Å²) in [6.45, 7) is 8.76. The molecule has 0 saturated carbocycles. The molecule has 1 N–H and O–H groups in total. The summed E-state index contributed by atoms with van der Waals surface area (Å²) in [4.78, 5) is 4.40. The van der Waals surface area contributed by atoms with Crippen LogP contribution in [0.4, 0.5) is 0 Å². The number of hydrogen-bond acceptors (Lipinski definition) is 4. The van der Waals surface area contributed by atoms with E-state index in [0.717, 1.165) is 32.5 Å². The van der Waals surface area contributed by atoms with Crippen LogP contribution in [0.1, 0.15) is 36.4 Å². The molecule has 0 aliphatic carbocycles. The summed E-state index contributed by atoms with van der Waals surface area (Å²) in [5.41, 5.74) is 3.09. The summed E-state index contributed by atoms with van der Waals surface area (Å²) in [6.07, 6.45) is 2.25. The van der Waals surface area contributed by atoms with Gasteiger partial charge in [-0.3, -0.25) is 0 Å². The summed E-state index contributed by atoms with van der Waals surface area (Å²) in [6, 6.07) is 8.82. The molecule has 6 heteroatoms. The van der Waals surface area contributed by atoms with E-state index in [1.165, 1.54) is 15.3 Å². The number of ether oxygens (including phenoxy) is 2. The zero-order valence-electron chi connectivity index (χ0n) is 15.5. The van der Waals surface area contributed by atoms with Gasteiger partial charge in [0.1, 0.15) is 6.54 Å². The van der Waals surface area contributed by atoms with Crippen LogP contribution < -0.4 is 17.3 Å². The minimum atomic E-state index is -0.0652. The van der Waals surface area contributed by atoms with Crippen LogP contribution in [0.25, 0.3) is 5.57 Å². The van der Waals surface area contributed by atoms with Crippen molar-refractivity contribution in [1.82, 2.24) is 0 Å². The molecule has 2 aromatic heterocycles. The van der Waals surface area contributed by atoms with Gasteiger partial charge < -0.3 is 26.8 Å². The maximum Gasteiger partial charge on any atom is 0.207 e. The van der Waals surface area contributed by atoms with E-state index in [-0.39, 0.29) is 18.7 Å². The Bertz CT molecular complexity index is 603. The van der Waals surface area contributed by atoms with Crippen molar-refractivity contribution in [2.75, 3.05) is 32.8 Å². The summed E-state index contributed by atoms with van der Waals surface area (Å²) >= 11 is 3.70. The van der Waals surface area contributed by atoms with E-state index in [0.29, 0.717) is 13.2 Å². The summed E-state index contributed by atoms with van der Waals surface area (Å²) in [5.74, 6) is 0. The molecule has 144 valence electrons. The average Bonchev–Trinajstić information content (AvgIpc) is 3.32. The highest BCUT2D eigenvalue weighted by Gasteiger charge is 2.25. The van der Waals surface area contributed by atoms with Crippen molar-refractivity contribution >= 4 is 28.2 Å². The third kappa shape index (κ3) is 5.65. The number of hydrogen-bond donors (Lipinski definition) is 1. The van der Waals surface area contributed by atoms with Crippen LogP contribution in [0.3, 0.4) is 0 Å². The number of quaternary nitrogens is 1. The zero-order valence-corrected chi connectivity index (χ0v) is 17.9. The quantitative estimate of drug-likeness (QED) is 0.643. The lowest BCUT2D eigenvalue weighted by atomic mass is 9.96. The van der Waals surface area contributed by atoms with Crippen molar-refractivity contribution in [3.05, 3.63) is 50.4 Å². The van der Waals surface area contributed by atoms with Gasteiger partial charge in [-0.25, -0.2) is 0 Å². The van der Waals surface area contributed by atoms with E-state index in [1.807, 2.05) is 36.5 Å². The van der Waals surface area contributed by atoms with E-state index in [4.69, 9.17) is 9.47 Å². The maximum atomic E-state index is 5.73. The van der Waals surface area contributed by atoms with Crippen molar-refractivity contribution in [2.24, 2.45) is 0 Å². The van der Waals surface area contributed by atoms with Crippen LogP contribution in [0.5, 0.6) is 0 Å². The van der Waals surface area contributed by atoms with Gasteiger partial charge in [0.15, 0.2) is 0 Å². The molecule has 0 amide bonds. The van der Waals surface area contributed by atoms with Gasteiger partial charge in [0.05, 0.1) is 13.1 Å². The fourth-order valence-electron chi connectivity index (χ4n) is 3.44. The molecule has 1 fully saturated rings. The first-order valence-electron chi connectivity index (χ1n) is 9.18. The Morgan fingerprint density at radius 2 is 1.54 bits per heavy atom. The minimum absolute atomic E-state index is 0. The molecule has 2 aromatic rings. The van der Waals surface area contributed by atoms with Gasteiger partial charge in [0, 0.05) is 41.4 Å². The molecule has 0 radical (unpaired) electrons. The van der Waals surface area contributed by atoms with E-state index in [9.17, 15) is 0 Å². The second-order valence-corrected chi connectivity index (χ2v) is 8.12. The van der Waals surface area contributed by atoms with Gasteiger partial charge in [-0.2, -0.15) is 0 Å². The Hall–Kier alpha value is -0.690. The monoisotopic (exact) mass is 413 g/mol. The number of nitrogens with one attached hydrogen (secondary N) is 1. The molecule has 0 unspecified atom stereocenters. The minimum Gasteiger partial charge on any atom is -1.00 e. The van der Waals surface area contributed by atoms with Crippen molar-refractivity contribution < 1.29 is 26.8 Å². The Balaban J connectivity index is 0.00000243. The molecule has 1 aliphatic heterocycles. The first kappa shape index (κ1) is 21.6. The Morgan fingerprint density at radius 3 is 1.96 bits per heavy atom. The Morgan fingerprint density at radius 1 is 1.00 bits per heavy atom. The van der Waals surface area contributed by atoms with Gasteiger partial charge in [-0.15, -0.1) is 22.7 Å². The fourth-order valence-corrected chi connectivity index (χ4v) is 5.18. The highest BCUT2D eigenvalue weighted by Crippen LogP contribution is 2.35. The molecule has 0 spiro atoms. The third-order valence-electron chi connectivity index (χ3n) is 4.61. The Labute approximate surface area is 171 Å². The van der Waals surface area contributed by atoms with Crippen LogP contribution in [-0.4, -0.2) is 39.1 Å². The first-order chi connectivity index (χ1) is 12.3. The number of piperidine rings is 1. The van der Waals surface area contributed by atoms with Crippen molar-refractivity contribution in [2.45, 2.75) is 33.0 Å². The molecule has 3 rings (SSSR count). The Kier molecular flexibility index (Phi) is 9.33. The van der Waals surface area contributed by atoms with Gasteiger partial charge >= 0.3 is 0 Å². The van der Waals surface area contributed by atoms with Crippen LogP contribution in [-0.2, 0) is 9.47 Å². The lowest BCUT2D eigenvalue weighted by molar-refractivity contribution is -0.908. The first-order valence-corrected chi connectivity index (χ1v) is 10.9. The molecule has 3 nitrogen and oxygen atoms in total. The highest BCUT2D eigenvalue weighted by atomic mass is 35.5. The summed E-state index contributed by atoms with van der Waals surface area (Å²) in [7, 11) is 0. The molecule has 0 bridgehead atoms. The molecule has 0 aromatic carbocycles. The summed E-state index contributed by atoms with van der Waals surface area (Å²) in [5, 5.41) is 4.36. The second kappa shape index (κ2) is 11.2. The predicted octanol–water partition coefficient (Wildman–Crippen LogP) is 0.693. The maximum absolute atomic E-state index is 5.73. The molecule has 0 atom stereocenters. The number of thiophene rings is 2. The molecule has 26 heavy (non-hydrogen) atoms. The van der Waals surface area contributed by atoms with Crippen molar-refractivity contribution in [3.8, 4) is 0 Å². The fraction of sp³-hybridized carbons (Fsp3) is 0.500. The third-order valence-corrected chi connectivity index (χ3v) is 6.38. The van der Waals surface area contributed by atoms with E-state index < -0.39 is 0 Å². The molecular weight excluding hydrogens is 386 g/mol. The second-order valence-electron chi connectivity index (χ2n) is 6.23. The SMILES string of the molecule is CCOC(C[NH+]1CCC(=C(c2cccs2)c2cccs2)CC1)OCC.[Cl-]. The normalized spacial score (nSPS) is 17.3. The topological polar surface area (TPSA) is 22.9 Å². The molecule has 3 heterocycles. The van der Waals surface area contributed by atoms with Gasteiger partial charge in [0.25, 0.3) is 0 Å². The van der Waals surface area contributed by atoms with Crippen LogP contribution in [0, 0.1) is 0 Å². The van der Waals surface area contributed by atoms with Crippen LogP contribution in [0.15, 0.2) is 40.6 Å². The smallest absolute Gasteiger partial charge is 0.207 e. The zero-order chi connectivity index (χ0) is 17.5. The van der Waals surface area contributed by atoms with Crippen molar-refractivity contribution in [3.63, 3.8) is 0 Å². The van der Waals surface area contributed by atoms with Gasteiger partial charge in [-0.05, 0) is 42.3 Å². The van der Waals surface area contributed by atoms with Crippen molar-refractivity contribution in [1.29, 1.82) is 0 Å². The van der Waals surface area contributed by atoms with E-state index in [1.54, 1.807) is 10.5 Å².